The number of amides is 2. The van der Waals surface area contributed by atoms with Crippen molar-refractivity contribution in [1.29, 1.82) is 0 Å². The Morgan fingerprint density at radius 2 is 1.81 bits per heavy atom. The molecule has 2 aromatic heterocycles. The Labute approximate surface area is 159 Å². The molecule has 0 bridgehead atoms. The lowest BCUT2D eigenvalue weighted by Gasteiger charge is -2.30. The van der Waals surface area contributed by atoms with Crippen LogP contribution >= 0.6 is 0 Å². The average Bonchev–Trinajstić information content (AvgIpc) is 3.05. The van der Waals surface area contributed by atoms with Crippen LogP contribution in [0.5, 0.6) is 0 Å². The Morgan fingerprint density at radius 1 is 1.19 bits per heavy atom. The van der Waals surface area contributed by atoms with Gasteiger partial charge in [-0.2, -0.15) is 5.10 Å². The van der Waals surface area contributed by atoms with Gasteiger partial charge in [-0.15, -0.1) is 0 Å². The number of aliphatic hydroxyl groups is 1. The molecule has 146 valence electrons. The second-order valence-electron chi connectivity index (χ2n) is 7.81. The monoisotopic (exact) mass is 372 g/mol. The zero-order valence-corrected chi connectivity index (χ0v) is 16.1. The van der Waals surface area contributed by atoms with Crippen LogP contribution in [0.1, 0.15) is 55.5 Å². The van der Waals surface area contributed by atoms with E-state index in [0.717, 1.165) is 36.8 Å². The van der Waals surface area contributed by atoms with Crippen molar-refractivity contribution in [3.63, 3.8) is 0 Å². The number of rotatable bonds is 5. The summed E-state index contributed by atoms with van der Waals surface area (Å²) in [5.41, 5.74) is 2.46. The first-order valence-electron chi connectivity index (χ1n) is 9.58. The summed E-state index contributed by atoms with van der Waals surface area (Å²) in [4.78, 5) is 24.6. The minimum absolute atomic E-state index is 0.0543. The fourth-order valence-corrected chi connectivity index (χ4v) is 3.50. The topological polar surface area (TPSA) is 95.7 Å². The molecule has 2 aromatic rings. The minimum atomic E-state index is -0.971. The third-order valence-electron chi connectivity index (χ3n) is 5.23. The molecule has 2 amide bonds. The van der Waals surface area contributed by atoms with Gasteiger partial charge >= 0.3 is 0 Å². The van der Waals surface area contributed by atoms with Crippen LogP contribution in [-0.4, -0.2) is 44.7 Å². The predicted octanol–water partition coefficient (Wildman–Crippen LogP) is 1.82. The second kappa shape index (κ2) is 8.08. The number of pyridine rings is 1. The molecular weight excluding hydrogens is 344 g/mol. The number of carbonyl (C=O) groups excluding carboxylic acids is 2. The molecule has 0 saturated heterocycles. The maximum atomic E-state index is 12.7. The number of hydrogen-bond donors (Lipinski definition) is 3. The molecule has 7 nitrogen and oxygen atoms in total. The number of hydrogen-bond acceptors (Lipinski definition) is 4. The van der Waals surface area contributed by atoms with Gasteiger partial charge in [-0.05, 0) is 56.2 Å². The Hall–Kier alpha value is -2.41. The van der Waals surface area contributed by atoms with Gasteiger partial charge in [-0.3, -0.25) is 9.59 Å². The Balaban J connectivity index is 1.53. The van der Waals surface area contributed by atoms with E-state index in [1.165, 1.54) is 0 Å². The van der Waals surface area contributed by atoms with E-state index < -0.39 is 6.10 Å². The molecule has 0 aliphatic heterocycles. The van der Waals surface area contributed by atoms with E-state index in [9.17, 15) is 14.7 Å². The third kappa shape index (κ3) is 4.47. The molecular formula is C20H28N4O3. The molecule has 3 N–H and O–H groups in total. The van der Waals surface area contributed by atoms with Crippen molar-refractivity contribution in [2.75, 3.05) is 0 Å². The standard InChI is InChI=1S/C20H28N4O3/c1-12(2)18(25)20(27)23-15-6-4-14(5-7-15)22-19(26)16-11-21-24-9-8-13(3)10-17(16)24/h8-12,14-15,18,25H,4-7H2,1-3H3,(H,22,26)(H,23,27)/t14?,15?,18-/m1/s1. The number of aryl methyl sites for hydroxylation is 1. The molecule has 1 aliphatic rings. The molecule has 1 fully saturated rings. The minimum Gasteiger partial charge on any atom is -0.383 e. The smallest absolute Gasteiger partial charge is 0.255 e. The van der Waals surface area contributed by atoms with Crippen molar-refractivity contribution < 1.29 is 14.7 Å². The van der Waals surface area contributed by atoms with Gasteiger partial charge in [-0.1, -0.05) is 13.8 Å². The van der Waals surface area contributed by atoms with E-state index in [4.69, 9.17) is 0 Å². The van der Waals surface area contributed by atoms with Crippen LogP contribution in [0.25, 0.3) is 5.52 Å². The zero-order valence-electron chi connectivity index (χ0n) is 16.1. The quantitative estimate of drug-likeness (QED) is 0.746. The van der Waals surface area contributed by atoms with Crippen molar-refractivity contribution in [1.82, 2.24) is 20.2 Å². The number of nitrogens with one attached hydrogen (secondary N) is 2. The largest absolute Gasteiger partial charge is 0.383 e. The van der Waals surface area contributed by atoms with Crippen LogP contribution in [-0.2, 0) is 4.79 Å². The molecule has 7 heteroatoms. The van der Waals surface area contributed by atoms with Gasteiger partial charge in [0.05, 0.1) is 17.3 Å². The maximum Gasteiger partial charge on any atom is 0.255 e. The molecule has 0 spiro atoms. The van der Waals surface area contributed by atoms with Gasteiger partial charge in [-0.25, -0.2) is 4.52 Å². The lowest BCUT2D eigenvalue weighted by molar-refractivity contribution is -0.132. The average molecular weight is 372 g/mol. The highest BCUT2D eigenvalue weighted by Gasteiger charge is 2.27. The molecule has 27 heavy (non-hydrogen) atoms. The lowest BCUT2D eigenvalue weighted by Crippen LogP contribution is -2.47. The molecule has 1 aliphatic carbocycles. The van der Waals surface area contributed by atoms with E-state index in [2.05, 4.69) is 15.7 Å². The molecule has 2 heterocycles. The highest BCUT2D eigenvalue weighted by molar-refractivity contribution is 6.00. The van der Waals surface area contributed by atoms with Crippen LogP contribution in [0.3, 0.4) is 0 Å². The second-order valence-corrected chi connectivity index (χ2v) is 7.81. The first-order chi connectivity index (χ1) is 12.8. The van der Waals surface area contributed by atoms with E-state index in [-0.39, 0.29) is 29.8 Å². The van der Waals surface area contributed by atoms with Gasteiger partial charge in [0, 0.05) is 18.3 Å². The van der Waals surface area contributed by atoms with Crippen LogP contribution in [0, 0.1) is 12.8 Å². The number of aliphatic hydroxyl groups excluding tert-OH is 1. The Morgan fingerprint density at radius 3 is 2.44 bits per heavy atom. The number of carbonyl (C=O) groups is 2. The SMILES string of the molecule is Cc1ccn2ncc(C(=O)NC3CCC(NC(=O)[C@H](O)C(C)C)CC3)c2c1. The summed E-state index contributed by atoms with van der Waals surface area (Å²) >= 11 is 0. The number of nitrogens with zero attached hydrogens (tertiary/aromatic N) is 2. The van der Waals surface area contributed by atoms with Gasteiger partial charge in [0.1, 0.15) is 6.10 Å². The molecule has 0 unspecified atom stereocenters. The van der Waals surface area contributed by atoms with Crippen molar-refractivity contribution in [3.05, 3.63) is 35.7 Å². The first kappa shape index (κ1) is 19.4. The van der Waals surface area contributed by atoms with Crippen molar-refractivity contribution in [3.8, 4) is 0 Å². The highest BCUT2D eigenvalue weighted by atomic mass is 16.3. The maximum absolute atomic E-state index is 12.7. The van der Waals surface area contributed by atoms with Crippen molar-refractivity contribution >= 4 is 17.3 Å². The van der Waals surface area contributed by atoms with Crippen LogP contribution in [0.2, 0.25) is 0 Å². The molecule has 3 rings (SSSR count). The number of aromatic nitrogens is 2. The van der Waals surface area contributed by atoms with Gasteiger partial charge in [0.25, 0.3) is 5.91 Å². The van der Waals surface area contributed by atoms with Crippen molar-refractivity contribution in [2.24, 2.45) is 5.92 Å². The van der Waals surface area contributed by atoms with Crippen LogP contribution < -0.4 is 10.6 Å². The van der Waals surface area contributed by atoms with Crippen molar-refractivity contribution in [2.45, 2.75) is 64.6 Å². The summed E-state index contributed by atoms with van der Waals surface area (Å²) in [7, 11) is 0. The van der Waals surface area contributed by atoms with Crippen LogP contribution in [0.4, 0.5) is 0 Å². The molecule has 1 saturated carbocycles. The summed E-state index contributed by atoms with van der Waals surface area (Å²) in [6, 6.07) is 4.04. The summed E-state index contributed by atoms with van der Waals surface area (Å²) in [5.74, 6) is -0.521. The summed E-state index contributed by atoms with van der Waals surface area (Å²) in [6.45, 7) is 5.62. The van der Waals surface area contributed by atoms with E-state index in [1.54, 1.807) is 10.7 Å². The lowest BCUT2D eigenvalue weighted by atomic mass is 9.90. The molecule has 0 aromatic carbocycles. The van der Waals surface area contributed by atoms with E-state index in [1.807, 2.05) is 39.1 Å². The predicted molar refractivity (Wildman–Crippen MR) is 102 cm³/mol. The number of fused-ring (bicyclic) bond motifs is 1. The third-order valence-corrected chi connectivity index (χ3v) is 5.23. The normalized spacial score (nSPS) is 21.2. The van der Waals surface area contributed by atoms with E-state index in [0.29, 0.717) is 5.56 Å². The summed E-state index contributed by atoms with van der Waals surface area (Å²) in [5, 5.41) is 20.1. The van der Waals surface area contributed by atoms with Gasteiger partial charge < -0.3 is 15.7 Å². The Kier molecular flexibility index (Phi) is 5.79. The zero-order chi connectivity index (χ0) is 19.6. The fraction of sp³-hybridized carbons (Fsp3) is 0.550. The van der Waals surface area contributed by atoms with Gasteiger partial charge in [0.2, 0.25) is 5.91 Å². The van der Waals surface area contributed by atoms with Gasteiger partial charge in [0.15, 0.2) is 0 Å². The summed E-state index contributed by atoms with van der Waals surface area (Å²) < 4.78 is 1.70. The first-order valence-corrected chi connectivity index (χ1v) is 9.58. The summed E-state index contributed by atoms with van der Waals surface area (Å²) in [6.07, 6.45) is 5.65. The Bertz CT molecular complexity index is 822. The van der Waals surface area contributed by atoms with E-state index >= 15 is 0 Å². The highest BCUT2D eigenvalue weighted by Crippen LogP contribution is 2.20. The van der Waals surface area contributed by atoms with Crippen LogP contribution in [0.15, 0.2) is 24.5 Å². The molecule has 1 atom stereocenters. The molecule has 0 radical (unpaired) electrons. The fourth-order valence-electron chi connectivity index (χ4n) is 3.50.